The summed E-state index contributed by atoms with van der Waals surface area (Å²) in [5.74, 6) is 1.42. The zero-order chi connectivity index (χ0) is 12.3. The fraction of sp³-hybridized carbons (Fsp3) is 0.923. The molecule has 17 heavy (non-hydrogen) atoms. The minimum Gasteiger partial charge on any atom is -0.336 e. The van der Waals surface area contributed by atoms with Crippen LogP contribution in [-0.4, -0.2) is 43.0 Å². The number of hydrogen-bond donors (Lipinski definition) is 2. The van der Waals surface area contributed by atoms with Crippen molar-refractivity contribution < 1.29 is 4.79 Å². The van der Waals surface area contributed by atoms with Crippen molar-refractivity contribution >= 4 is 5.91 Å². The molecule has 1 atom stereocenters. The van der Waals surface area contributed by atoms with Gasteiger partial charge in [-0.05, 0) is 31.6 Å². The quantitative estimate of drug-likeness (QED) is 0.741. The Hall–Kier alpha value is -0.610. The van der Waals surface area contributed by atoms with Crippen molar-refractivity contribution in [2.45, 2.75) is 38.6 Å². The number of amides is 1. The largest absolute Gasteiger partial charge is 0.336 e. The van der Waals surface area contributed by atoms with Gasteiger partial charge in [-0.3, -0.25) is 4.79 Å². The average molecular weight is 239 g/mol. The van der Waals surface area contributed by atoms with Gasteiger partial charge in [0.05, 0.1) is 6.04 Å². The van der Waals surface area contributed by atoms with Crippen molar-refractivity contribution in [3.63, 3.8) is 0 Å². The maximum absolute atomic E-state index is 12.5. The molecule has 1 unspecified atom stereocenters. The molecule has 0 spiro atoms. The molecule has 98 valence electrons. The lowest BCUT2D eigenvalue weighted by Crippen LogP contribution is -2.57. The van der Waals surface area contributed by atoms with Crippen molar-refractivity contribution in [3.05, 3.63) is 0 Å². The fourth-order valence-electron chi connectivity index (χ4n) is 3.00. The zero-order valence-corrected chi connectivity index (χ0v) is 10.8. The first-order valence-electron chi connectivity index (χ1n) is 6.93. The third-order valence-corrected chi connectivity index (χ3v) is 4.27. The van der Waals surface area contributed by atoms with Gasteiger partial charge in [-0.25, -0.2) is 0 Å². The van der Waals surface area contributed by atoms with Crippen molar-refractivity contribution in [1.82, 2.24) is 10.2 Å². The van der Waals surface area contributed by atoms with Gasteiger partial charge in [-0.15, -0.1) is 0 Å². The second-order valence-corrected chi connectivity index (χ2v) is 5.58. The van der Waals surface area contributed by atoms with E-state index in [1.54, 1.807) is 0 Å². The first-order valence-corrected chi connectivity index (χ1v) is 6.93. The number of hydrogen-bond acceptors (Lipinski definition) is 3. The number of nitrogens with one attached hydrogen (secondary N) is 1. The van der Waals surface area contributed by atoms with E-state index in [-0.39, 0.29) is 12.0 Å². The number of piperazine rings is 1. The van der Waals surface area contributed by atoms with Crippen molar-refractivity contribution in [1.29, 1.82) is 0 Å². The zero-order valence-electron chi connectivity index (χ0n) is 10.8. The van der Waals surface area contributed by atoms with Gasteiger partial charge in [0.1, 0.15) is 0 Å². The highest BCUT2D eigenvalue weighted by molar-refractivity contribution is 5.79. The van der Waals surface area contributed by atoms with E-state index in [2.05, 4.69) is 12.2 Å². The molecule has 1 aliphatic heterocycles. The molecule has 2 fully saturated rings. The van der Waals surface area contributed by atoms with Gasteiger partial charge in [0, 0.05) is 32.1 Å². The molecule has 0 aromatic rings. The normalized spacial score (nSPS) is 34.7. The lowest BCUT2D eigenvalue weighted by molar-refractivity contribution is -0.139. The second-order valence-electron chi connectivity index (χ2n) is 5.58. The highest BCUT2D eigenvalue weighted by Crippen LogP contribution is 2.30. The van der Waals surface area contributed by atoms with E-state index < -0.39 is 0 Å². The maximum Gasteiger partial charge on any atom is 0.226 e. The molecule has 0 radical (unpaired) electrons. The van der Waals surface area contributed by atoms with Crippen LogP contribution in [0.5, 0.6) is 0 Å². The van der Waals surface area contributed by atoms with Gasteiger partial charge in [-0.1, -0.05) is 6.92 Å². The number of rotatable bonds is 2. The SMILES string of the molecule is CC1CCC(C(=O)N2CCNCC2CN)CC1. The van der Waals surface area contributed by atoms with Crippen LogP contribution < -0.4 is 11.1 Å². The molecule has 1 heterocycles. The lowest BCUT2D eigenvalue weighted by atomic mass is 9.82. The summed E-state index contributed by atoms with van der Waals surface area (Å²) in [5.41, 5.74) is 5.75. The smallest absolute Gasteiger partial charge is 0.226 e. The molecule has 4 nitrogen and oxygen atoms in total. The molecule has 1 saturated heterocycles. The molecule has 1 saturated carbocycles. The van der Waals surface area contributed by atoms with Crippen LogP contribution in [0.1, 0.15) is 32.6 Å². The third kappa shape index (κ3) is 2.99. The molecule has 0 aromatic carbocycles. The van der Waals surface area contributed by atoms with Crippen LogP contribution >= 0.6 is 0 Å². The van der Waals surface area contributed by atoms with Crippen molar-refractivity contribution in [3.8, 4) is 0 Å². The Bertz CT molecular complexity index is 261. The summed E-state index contributed by atoms with van der Waals surface area (Å²) in [6, 6.07) is 0.204. The standard InChI is InChI=1S/C13H25N3O/c1-10-2-4-11(5-3-10)13(17)16-7-6-15-9-12(16)8-14/h10-12,15H,2-9,14H2,1H3. The van der Waals surface area contributed by atoms with Crippen LogP contribution in [0.4, 0.5) is 0 Å². The van der Waals surface area contributed by atoms with Crippen LogP contribution in [0.2, 0.25) is 0 Å². The number of nitrogens with two attached hydrogens (primary N) is 1. The average Bonchev–Trinajstić information content (AvgIpc) is 2.39. The van der Waals surface area contributed by atoms with Gasteiger partial charge >= 0.3 is 0 Å². The summed E-state index contributed by atoms with van der Waals surface area (Å²) < 4.78 is 0. The second kappa shape index (κ2) is 5.83. The molecule has 1 aliphatic carbocycles. The van der Waals surface area contributed by atoms with Crippen molar-refractivity contribution in [2.75, 3.05) is 26.2 Å². The van der Waals surface area contributed by atoms with E-state index >= 15 is 0 Å². The molecule has 2 rings (SSSR count). The number of nitrogens with zero attached hydrogens (tertiary/aromatic N) is 1. The molecule has 1 amide bonds. The molecule has 0 bridgehead atoms. The summed E-state index contributed by atoms with van der Waals surface area (Å²) in [6.07, 6.45) is 4.55. The lowest BCUT2D eigenvalue weighted by Gasteiger charge is -2.39. The Morgan fingerprint density at radius 2 is 2.06 bits per heavy atom. The molecular formula is C13H25N3O. The van der Waals surface area contributed by atoms with Crippen LogP contribution in [0.25, 0.3) is 0 Å². The Labute approximate surface area is 104 Å². The summed E-state index contributed by atoms with van der Waals surface area (Å²) in [5, 5.41) is 3.31. The minimum absolute atomic E-state index is 0.204. The van der Waals surface area contributed by atoms with E-state index in [9.17, 15) is 4.79 Å². The van der Waals surface area contributed by atoms with Gasteiger partial charge in [0.2, 0.25) is 5.91 Å². The Balaban J connectivity index is 1.93. The maximum atomic E-state index is 12.5. The van der Waals surface area contributed by atoms with Crippen LogP contribution in [0, 0.1) is 11.8 Å². The first-order chi connectivity index (χ1) is 8.22. The third-order valence-electron chi connectivity index (χ3n) is 4.27. The van der Waals surface area contributed by atoms with Gasteiger partial charge in [-0.2, -0.15) is 0 Å². The van der Waals surface area contributed by atoms with Crippen molar-refractivity contribution in [2.24, 2.45) is 17.6 Å². The summed E-state index contributed by atoms with van der Waals surface area (Å²) in [6.45, 7) is 5.44. The highest BCUT2D eigenvalue weighted by atomic mass is 16.2. The molecular weight excluding hydrogens is 214 g/mol. The summed E-state index contributed by atoms with van der Waals surface area (Å²) in [7, 11) is 0. The van der Waals surface area contributed by atoms with E-state index in [0.717, 1.165) is 38.4 Å². The highest BCUT2D eigenvalue weighted by Gasteiger charge is 2.32. The molecule has 3 N–H and O–H groups in total. The topological polar surface area (TPSA) is 58.4 Å². The number of carbonyl (C=O) groups excluding carboxylic acids is 1. The Morgan fingerprint density at radius 1 is 1.35 bits per heavy atom. The van der Waals surface area contributed by atoms with E-state index in [0.29, 0.717) is 12.5 Å². The minimum atomic E-state index is 0.204. The number of carbonyl (C=O) groups is 1. The summed E-state index contributed by atoms with van der Waals surface area (Å²) >= 11 is 0. The Morgan fingerprint density at radius 3 is 2.71 bits per heavy atom. The van der Waals surface area contributed by atoms with Crippen LogP contribution in [0.15, 0.2) is 0 Å². The van der Waals surface area contributed by atoms with E-state index in [1.165, 1.54) is 12.8 Å². The fourth-order valence-corrected chi connectivity index (χ4v) is 3.00. The molecule has 4 heteroatoms. The molecule has 2 aliphatic rings. The molecule has 0 aromatic heterocycles. The van der Waals surface area contributed by atoms with E-state index in [1.807, 2.05) is 4.90 Å². The predicted octanol–water partition coefficient (Wildman–Crippen LogP) is 0.572. The van der Waals surface area contributed by atoms with Gasteiger partial charge in [0.25, 0.3) is 0 Å². The van der Waals surface area contributed by atoms with Crippen LogP contribution in [0.3, 0.4) is 0 Å². The van der Waals surface area contributed by atoms with Gasteiger partial charge < -0.3 is 16.0 Å². The monoisotopic (exact) mass is 239 g/mol. The van der Waals surface area contributed by atoms with Crippen LogP contribution in [-0.2, 0) is 4.79 Å². The van der Waals surface area contributed by atoms with Gasteiger partial charge in [0.15, 0.2) is 0 Å². The summed E-state index contributed by atoms with van der Waals surface area (Å²) in [4.78, 5) is 14.5. The predicted molar refractivity (Wildman–Crippen MR) is 68.5 cm³/mol. The first kappa shape index (κ1) is 12.8. The van der Waals surface area contributed by atoms with E-state index in [4.69, 9.17) is 5.73 Å². The Kier molecular flexibility index (Phi) is 4.40.